The van der Waals surface area contributed by atoms with Crippen LogP contribution in [0.3, 0.4) is 0 Å². The molecule has 22 heavy (non-hydrogen) atoms. The van der Waals surface area contributed by atoms with E-state index < -0.39 is 0 Å². The zero-order valence-electron chi connectivity index (χ0n) is 13.9. The Morgan fingerprint density at radius 1 is 1.32 bits per heavy atom. The van der Waals surface area contributed by atoms with E-state index in [4.69, 9.17) is 11.6 Å². The fourth-order valence-electron chi connectivity index (χ4n) is 3.09. The smallest absolute Gasteiger partial charge is 0.317 e. The Morgan fingerprint density at radius 2 is 2.00 bits per heavy atom. The first-order valence-corrected chi connectivity index (χ1v) is 8.62. The van der Waals surface area contributed by atoms with E-state index in [0.717, 1.165) is 30.8 Å². The lowest BCUT2D eigenvalue weighted by atomic mass is 9.84. The number of piperidine rings is 1. The molecule has 1 aliphatic rings. The number of halogens is 1. The first kappa shape index (κ1) is 17.1. The standard InChI is InChI=1S/C18H27ClN2O/c1-4-16-7-5-6-12-21(16)17(22)20-13-18(2,3)14-8-10-15(19)11-9-14/h8-11,16H,4-7,12-13H2,1-3H3,(H,20,22). The van der Waals surface area contributed by atoms with E-state index in [0.29, 0.717) is 12.6 Å². The van der Waals surface area contributed by atoms with Crippen molar-refractivity contribution in [2.75, 3.05) is 13.1 Å². The predicted octanol–water partition coefficient (Wildman–Crippen LogP) is 4.59. The third kappa shape index (κ3) is 4.16. The minimum atomic E-state index is -0.113. The number of rotatable bonds is 4. The van der Waals surface area contributed by atoms with Gasteiger partial charge in [-0.15, -0.1) is 0 Å². The van der Waals surface area contributed by atoms with Crippen molar-refractivity contribution in [3.63, 3.8) is 0 Å². The lowest BCUT2D eigenvalue weighted by molar-refractivity contribution is 0.147. The number of carbonyl (C=O) groups is 1. The molecule has 1 aromatic rings. The number of amides is 2. The van der Waals surface area contributed by atoms with Crippen LogP contribution in [0.2, 0.25) is 5.02 Å². The van der Waals surface area contributed by atoms with Crippen LogP contribution in [0, 0.1) is 0 Å². The summed E-state index contributed by atoms with van der Waals surface area (Å²) in [6, 6.07) is 8.34. The van der Waals surface area contributed by atoms with Crippen molar-refractivity contribution in [3.05, 3.63) is 34.9 Å². The molecule has 2 amide bonds. The van der Waals surface area contributed by atoms with Gasteiger partial charge in [0.05, 0.1) is 0 Å². The summed E-state index contributed by atoms with van der Waals surface area (Å²) in [7, 11) is 0. The molecular formula is C18H27ClN2O. The van der Waals surface area contributed by atoms with Gasteiger partial charge in [-0.1, -0.05) is 44.5 Å². The summed E-state index contributed by atoms with van der Waals surface area (Å²) in [6.07, 6.45) is 4.52. The molecule has 1 N–H and O–H groups in total. The Hall–Kier alpha value is -1.22. The van der Waals surface area contributed by atoms with E-state index in [2.05, 4.69) is 26.1 Å². The van der Waals surface area contributed by atoms with Crippen molar-refractivity contribution in [2.24, 2.45) is 0 Å². The number of carbonyl (C=O) groups excluding carboxylic acids is 1. The monoisotopic (exact) mass is 322 g/mol. The van der Waals surface area contributed by atoms with Crippen LogP contribution in [-0.2, 0) is 5.41 Å². The molecule has 1 aromatic carbocycles. The first-order valence-electron chi connectivity index (χ1n) is 8.24. The van der Waals surface area contributed by atoms with Gasteiger partial charge in [0.15, 0.2) is 0 Å². The van der Waals surface area contributed by atoms with Gasteiger partial charge in [-0.25, -0.2) is 4.79 Å². The zero-order valence-corrected chi connectivity index (χ0v) is 14.6. The van der Waals surface area contributed by atoms with Gasteiger partial charge in [0, 0.05) is 29.6 Å². The molecule has 1 unspecified atom stereocenters. The minimum absolute atomic E-state index is 0.0774. The van der Waals surface area contributed by atoms with E-state index in [1.807, 2.05) is 29.2 Å². The van der Waals surface area contributed by atoms with Gasteiger partial charge in [-0.05, 0) is 43.4 Å². The largest absolute Gasteiger partial charge is 0.337 e. The molecule has 1 heterocycles. The number of nitrogens with one attached hydrogen (secondary N) is 1. The molecule has 1 aliphatic heterocycles. The summed E-state index contributed by atoms with van der Waals surface area (Å²) in [5, 5.41) is 3.86. The maximum atomic E-state index is 12.5. The second kappa shape index (κ2) is 7.36. The third-order valence-electron chi connectivity index (χ3n) is 4.67. The summed E-state index contributed by atoms with van der Waals surface area (Å²) in [6.45, 7) is 7.95. The number of urea groups is 1. The predicted molar refractivity (Wildman–Crippen MR) is 92.5 cm³/mol. The zero-order chi connectivity index (χ0) is 16.2. The number of hydrogen-bond donors (Lipinski definition) is 1. The molecule has 1 fully saturated rings. The van der Waals surface area contributed by atoms with Crippen molar-refractivity contribution in [1.82, 2.24) is 10.2 Å². The van der Waals surface area contributed by atoms with Gasteiger partial charge in [0.1, 0.15) is 0 Å². The fraction of sp³-hybridized carbons (Fsp3) is 0.611. The van der Waals surface area contributed by atoms with Crippen LogP contribution in [0.1, 0.15) is 52.0 Å². The highest BCUT2D eigenvalue weighted by Gasteiger charge is 2.27. The van der Waals surface area contributed by atoms with Crippen LogP contribution in [0.25, 0.3) is 0 Å². The molecule has 3 nitrogen and oxygen atoms in total. The Morgan fingerprint density at radius 3 is 2.64 bits per heavy atom. The topological polar surface area (TPSA) is 32.3 Å². The van der Waals surface area contributed by atoms with E-state index in [1.165, 1.54) is 12.0 Å². The van der Waals surface area contributed by atoms with Gasteiger partial charge in [-0.3, -0.25) is 0 Å². The molecule has 0 saturated carbocycles. The fourth-order valence-corrected chi connectivity index (χ4v) is 3.22. The molecule has 4 heteroatoms. The Labute approximate surface area is 139 Å². The first-order chi connectivity index (χ1) is 10.4. The lowest BCUT2D eigenvalue weighted by Gasteiger charge is -2.36. The highest BCUT2D eigenvalue weighted by Crippen LogP contribution is 2.24. The number of nitrogens with zero attached hydrogens (tertiary/aromatic N) is 1. The van der Waals surface area contributed by atoms with E-state index in [9.17, 15) is 4.79 Å². The molecule has 2 rings (SSSR count). The molecule has 122 valence electrons. The molecule has 0 aliphatic carbocycles. The Bertz CT molecular complexity index is 498. The molecule has 1 atom stereocenters. The summed E-state index contributed by atoms with van der Waals surface area (Å²) in [5.41, 5.74) is 1.07. The second-order valence-electron chi connectivity index (χ2n) is 6.80. The third-order valence-corrected chi connectivity index (χ3v) is 4.92. The van der Waals surface area contributed by atoms with Crippen LogP contribution in [0.4, 0.5) is 4.79 Å². The molecular weight excluding hydrogens is 296 g/mol. The summed E-state index contributed by atoms with van der Waals surface area (Å²) in [4.78, 5) is 14.5. The van der Waals surface area contributed by atoms with Crippen molar-refractivity contribution >= 4 is 17.6 Å². The highest BCUT2D eigenvalue weighted by molar-refractivity contribution is 6.30. The molecule has 0 bridgehead atoms. The SMILES string of the molecule is CCC1CCCCN1C(=O)NCC(C)(C)c1ccc(Cl)cc1. The van der Waals surface area contributed by atoms with Crippen molar-refractivity contribution < 1.29 is 4.79 Å². The lowest BCUT2D eigenvalue weighted by Crippen LogP contribution is -2.50. The highest BCUT2D eigenvalue weighted by atomic mass is 35.5. The van der Waals surface area contributed by atoms with Gasteiger partial charge < -0.3 is 10.2 Å². The molecule has 1 saturated heterocycles. The van der Waals surface area contributed by atoms with Crippen LogP contribution in [0.15, 0.2) is 24.3 Å². The van der Waals surface area contributed by atoms with Crippen molar-refractivity contribution in [1.29, 1.82) is 0 Å². The Kier molecular flexibility index (Phi) is 5.74. The van der Waals surface area contributed by atoms with E-state index in [1.54, 1.807) is 0 Å². The molecule has 0 radical (unpaired) electrons. The van der Waals surface area contributed by atoms with E-state index >= 15 is 0 Å². The quantitative estimate of drug-likeness (QED) is 0.863. The van der Waals surface area contributed by atoms with Crippen molar-refractivity contribution in [2.45, 2.75) is 57.9 Å². The van der Waals surface area contributed by atoms with Crippen molar-refractivity contribution in [3.8, 4) is 0 Å². The maximum Gasteiger partial charge on any atom is 0.317 e. The average Bonchev–Trinajstić information content (AvgIpc) is 2.53. The summed E-state index contributed by atoms with van der Waals surface area (Å²) in [5.74, 6) is 0. The number of hydrogen-bond acceptors (Lipinski definition) is 1. The normalized spacial score (nSPS) is 19.1. The molecule has 0 spiro atoms. The number of likely N-dealkylation sites (tertiary alicyclic amines) is 1. The Balaban J connectivity index is 1.95. The van der Waals surface area contributed by atoms with Gasteiger partial charge in [0.2, 0.25) is 0 Å². The van der Waals surface area contributed by atoms with Gasteiger partial charge in [-0.2, -0.15) is 0 Å². The summed E-state index contributed by atoms with van der Waals surface area (Å²) >= 11 is 5.95. The minimum Gasteiger partial charge on any atom is -0.337 e. The van der Waals surface area contributed by atoms with Crippen LogP contribution in [-0.4, -0.2) is 30.1 Å². The van der Waals surface area contributed by atoms with E-state index in [-0.39, 0.29) is 11.4 Å². The summed E-state index contributed by atoms with van der Waals surface area (Å²) < 4.78 is 0. The average molecular weight is 323 g/mol. The second-order valence-corrected chi connectivity index (χ2v) is 7.24. The van der Waals surface area contributed by atoms with Gasteiger partial charge in [0.25, 0.3) is 0 Å². The van der Waals surface area contributed by atoms with Crippen LogP contribution in [0.5, 0.6) is 0 Å². The molecule has 0 aromatic heterocycles. The number of benzene rings is 1. The van der Waals surface area contributed by atoms with Gasteiger partial charge >= 0.3 is 6.03 Å². The maximum absolute atomic E-state index is 12.5. The van der Waals surface area contributed by atoms with Crippen LogP contribution < -0.4 is 5.32 Å². The van der Waals surface area contributed by atoms with Crippen LogP contribution >= 0.6 is 11.6 Å².